The number of halogens is 1. The topological polar surface area (TPSA) is 48.9 Å². The van der Waals surface area contributed by atoms with Crippen molar-refractivity contribution in [2.24, 2.45) is 4.99 Å². The Labute approximate surface area is 160 Å². The van der Waals surface area contributed by atoms with Gasteiger partial charge in [0.1, 0.15) is 0 Å². The number of hydrogen-bond donors (Lipinski definition) is 2. The first kappa shape index (κ1) is 20.2. The van der Waals surface area contributed by atoms with Crippen LogP contribution < -0.4 is 10.6 Å². The molecule has 0 aromatic heterocycles. The molecule has 1 aliphatic rings. The van der Waals surface area contributed by atoms with Crippen molar-refractivity contribution in [1.29, 1.82) is 0 Å². The Morgan fingerprint density at radius 3 is 2.60 bits per heavy atom. The third kappa shape index (κ3) is 7.75. The largest absolute Gasteiger partial charge is 0.380 e. The standard InChI is InChI=1S/C19H31BrN4O/c1-3-21-19(22-11-14-25-4-2)23-18-9-12-24(13-10-18)15-16-5-7-17(20)8-6-16/h5-8,18H,3-4,9-15H2,1-2H3,(H2,21,22,23). The number of nitrogens with zero attached hydrogens (tertiary/aromatic N) is 2. The van der Waals surface area contributed by atoms with Crippen LogP contribution in [0.3, 0.4) is 0 Å². The molecule has 1 aliphatic heterocycles. The molecule has 1 aromatic carbocycles. The SMILES string of the molecule is CCNC(=NCCOCC)NC1CCN(Cc2ccc(Br)cc2)CC1. The molecule has 0 radical (unpaired) electrons. The highest BCUT2D eigenvalue weighted by Gasteiger charge is 2.20. The molecule has 1 heterocycles. The van der Waals surface area contributed by atoms with Gasteiger partial charge >= 0.3 is 0 Å². The third-order valence-corrected chi connectivity index (χ3v) is 4.83. The number of rotatable bonds is 8. The number of nitrogens with one attached hydrogen (secondary N) is 2. The van der Waals surface area contributed by atoms with Gasteiger partial charge in [0.05, 0.1) is 13.2 Å². The Hall–Kier alpha value is -1.11. The molecule has 1 fully saturated rings. The minimum Gasteiger partial charge on any atom is -0.380 e. The number of ether oxygens (including phenoxy) is 1. The summed E-state index contributed by atoms with van der Waals surface area (Å²) in [6.45, 7) is 10.4. The smallest absolute Gasteiger partial charge is 0.191 e. The molecule has 0 saturated carbocycles. The van der Waals surface area contributed by atoms with Crippen molar-refractivity contribution in [3.05, 3.63) is 34.3 Å². The van der Waals surface area contributed by atoms with Crippen LogP contribution >= 0.6 is 15.9 Å². The molecule has 0 atom stereocenters. The van der Waals surface area contributed by atoms with Gasteiger partial charge < -0.3 is 15.4 Å². The van der Waals surface area contributed by atoms with Crippen molar-refractivity contribution in [3.63, 3.8) is 0 Å². The van der Waals surface area contributed by atoms with Crippen molar-refractivity contribution in [2.45, 2.75) is 39.3 Å². The van der Waals surface area contributed by atoms with Gasteiger partial charge in [-0.1, -0.05) is 28.1 Å². The van der Waals surface area contributed by atoms with Crippen LogP contribution in [0.2, 0.25) is 0 Å². The van der Waals surface area contributed by atoms with Crippen LogP contribution in [-0.2, 0) is 11.3 Å². The fraction of sp³-hybridized carbons (Fsp3) is 0.632. The second kappa shape index (κ2) is 11.5. The molecule has 25 heavy (non-hydrogen) atoms. The first-order valence-corrected chi connectivity index (χ1v) is 10.1. The molecule has 0 bridgehead atoms. The fourth-order valence-corrected chi connectivity index (χ4v) is 3.23. The summed E-state index contributed by atoms with van der Waals surface area (Å²) in [5.41, 5.74) is 1.38. The van der Waals surface area contributed by atoms with Gasteiger partial charge in [0, 0.05) is 43.3 Å². The van der Waals surface area contributed by atoms with E-state index in [1.54, 1.807) is 0 Å². The predicted octanol–water partition coefficient (Wildman–Crippen LogP) is 3.01. The van der Waals surface area contributed by atoms with Crippen molar-refractivity contribution >= 4 is 21.9 Å². The average Bonchev–Trinajstić information content (AvgIpc) is 2.62. The fourth-order valence-electron chi connectivity index (χ4n) is 2.96. The quantitative estimate of drug-likeness (QED) is 0.392. The van der Waals surface area contributed by atoms with E-state index in [-0.39, 0.29) is 0 Å². The summed E-state index contributed by atoms with van der Waals surface area (Å²) < 4.78 is 6.50. The number of aliphatic imine (C=N–C) groups is 1. The van der Waals surface area contributed by atoms with E-state index in [1.807, 2.05) is 6.92 Å². The molecule has 2 rings (SSSR count). The lowest BCUT2D eigenvalue weighted by molar-refractivity contribution is 0.155. The molecule has 6 heteroatoms. The van der Waals surface area contributed by atoms with Crippen molar-refractivity contribution in [3.8, 4) is 0 Å². The zero-order chi connectivity index (χ0) is 17.9. The highest BCUT2D eigenvalue weighted by atomic mass is 79.9. The molecule has 5 nitrogen and oxygen atoms in total. The summed E-state index contributed by atoms with van der Waals surface area (Å²) in [7, 11) is 0. The van der Waals surface area contributed by atoms with Crippen LogP contribution in [0.5, 0.6) is 0 Å². The third-order valence-electron chi connectivity index (χ3n) is 4.30. The van der Waals surface area contributed by atoms with Crippen molar-refractivity contribution in [2.75, 3.05) is 39.4 Å². The summed E-state index contributed by atoms with van der Waals surface area (Å²) in [6, 6.07) is 9.12. The Bertz CT molecular complexity index is 513. The van der Waals surface area contributed by atoms with Gasteiger partial charge in [-0.3, -0.25) is 9.89 Å². The lowest BCUT2D eigenvalue weighted by Crippen LogP contribution is -2.48. The summed E-state index contributed by atoms with van der Waals surface area (Å²) in [4.78, 5) is 7.12. The van der Waals surface area contributed by atoms with E-state index in [0.29, 0.717) is 19.2 Å². The van der Waals surface area contributed by atoms with E-state index in [2.05, 4.69) is 67.6 Å². The zero-order valence-electron chi connectivity index (χ0n) is 15.4. The summed E-state index contributed by atoms with van der Waals surface area (Å²) in [6.07, 6.45) is 2.29. The Morgan fingerprint density at radius 1 is 1.24 bits per heavy atom. The molecule has 1 aromatic rings. The monoisotopic (exact) mass is 410 g/mol. The van der Waals surface area contributed by atoms with Gasteiger partial charge in [0.2, 0.25) is 0 Å². The summed E-state index contributed by atoms with van der Waals surface area (Å²) in [5.74, 6) is 0.911. The van der Waals surface area contributed by atoms with E-state index >= 15 is 0 Å². The van der Waals surface area contributed by atoms with E-state index in [0.717, 1.165) is 56.1 Å². The van der Waals surface area contributed by atoms with E-state index in [4.69, 9.17) is 4.74 Å². The van der Waals surface area contributed by atoms with Gasteiger partial charge in [0.15, 0.2) is 5.96 Å². The molecule has 0 aliphatic carbocycles. The molecule has 2 N–H and O–H groups in total. The number of hydrogen-bond acceptors (Lipinski definition) is 3. The van der Waals surface area contributed by atoms with Gasteiger partial charge in [-0.15, -0.1) is 0 Å². The maximum absolute atomic E-state index is 5.36. The van der Waals surface area contributed by atoms with Crippen LogP contribution in [0.15, 0.2) is 33.7 Å². The minimum atomic E-state index is 0.492. The lowest BCUT2D eigenvalue weighted by atomic mass is 10.0. The average molecular weight is 411 g/mol. The van der Waals surface area contributed by atoms with Crippen LogP contribution in [0.1, 0.15) is 32.3 Å². The van der Waals surface area contributed by atoms with Crippen molar-refractivity contribution < 1.29 is 4.74 Å². The molecule has 1 saturated heterocycles. The summed E-state index contributed by atoms with van der Waals surface area (Å²) in [5, 5.41) is 6.90. The lowest BCUT2D eigenvalue weighted by Gasteiger charge is -2.33. The molecule has 140 valence electrons. The van der Waals surface area contributed by atoms with Gasteiger partial charge in [0.25, 0.3) is 0 Å². The van der Waals surface area contributed by atoms with Crippen molar-refractivity contribution in [1.82, 2.24) is 15.5 Å². The molecule has 0 spiro atoms. The number of guanidine groups is 1. The Morgan fingerprint density at radius 2 is 1.96 bits per heavy atom. The maximum Gasteiger partial charge on any atom is 0.191 e. The first-order chi connectivity index (χ1) is 12.2. The van der Waals surface area contributed by atoms with Crippen LogP contribution in [-0.4, -0.2) is 56.3 Å². The minimum absolute atomic E-state index is 0.492. The molecular weight excluding hydrogens is 380 g/mol. The highest BCUT2D eigenvalue weighted by molar-refractivity contribution is 9.10. The van der Waals surface area contributed by atoms with Gasteiger partial charge in [-0.2, -0.15) is 0 Å². The first-order valence-electron chi connectivity index (χ1n) is 9.30. The van der Waals surface area contributed by atoms with Crippen LogP contribution in [0.4, 0.5) is 0 Å². The molecule has 0 amide bonds. The Kier molecular flexibility index (Phi) is 9.29. The maximum atomic E-state index is 5.36. The number of likely N-dealkylation sites (tertiary alicyclic amines) is 1. The summed E-state index contributed by atoms with van der Waals surface area (Å²) >= 11 is 3.49. The van der Waals surface area contributed by atoms with E-state index in [1.165, 1.54) is 5.56 Å². The highest BCUT2D eigenvalue weighted by Crippen LogP contribution is 2.16. The van der Waals surface area contributed by atoms with Crippen LogP contribution in [0.25, 0.3) is 0 Å². The second-order valence-electron chi connectivity index (χ2n) is 6.28. The number of piperidine rings is 1. The number of benzene rings is 1. The van der Waals surface area contributed by atoms with Gasteiger partial charge in [-0.25, -0.2) is 0 Å². The normalized spacial score (nSPS) is 16.8. The zero-order valence-corrected chi connectivity index (χ0v) is 17.0. The predicted molar refractivity (Wildman–Crippen MR) is 108 cm³/mol. The molecule has 0 unspecified atom stereocenters. The van der Waals surface area contributed by atoms with E-state index < -0.39 is 0 Å². The Balaban J connectivity index is 1.74. The van der Waals surface area contributed by atoms with Gasteiger partial charge in [-0.05, 0) is 44.4 Å². The van der Waals surface area contributed by atoms with E-state index in [9.17, 15) is 0 Å². The van der Waals surface area contributed by atoms with Crippen LogP contribution in [0, 0.1) is 0 Å². The second-order valence-corrected chi connectivity index (χ2v) is 7.19. The molecular formula is C19H31BrN4O.